The Labute approximate surface area is 196 Å². The van der Waals surface area contributed by atoms with Crippen molar-refractivity contribution in [2.75, 3.05) is 6.54 Å². The number of fused-ring (bicyclic) bond motifs is 1. The number of hydrogen-bond donors (Lipinski definition) is 2. The molecular weight excluding hydrogens is 432 g/mol. The molecule has 0 saturated carbocycles. The van der Waals surface area contributed by atoms with Crippen molar-refractivity contribution in [3.8, 4) is 16.9 Å². The summed E-state index contributed by atoms with van der Waals surface area (Å²) < 4.78 is 1.58. The fourth-order valence-electron chi connectivity index (χ4n) is 4.13. The summed E-state index contributed by atoms with van der Waals surface area (Å²) in [6.45, 7) is 2.47. The van der Waals surface area contributed by atoms with Crippen LogP contribution in [0, 0.1) is 0 Å². The zero-order chi connectivity index (χ0) is 22.8. The molecule has 3 aromatic carbocycles. The van der Waals surface area contributed by atoms with Crippen LogP contribution < -0.4 is 5.56 Å². The number of benzene rings is 3. The standard InChI is InChI=1S/C27H23ClN4O/c1-18(29-15-14-20-17-30-24-13-12-21(28)16-23(20)24)25-26(19-8-4-2-5-9-19)31-32(27(25)33)22-10-6-3-7-11-22/h2-13,16-17,30-31H,14-15H2,1H3. The van der Waals surface area contributed by atoms with Crippen LogP contribution in [-0.4, -0.2) is 27.0 Å². The molecule has 5 rings (SSSR count). The molecule has 0 spiro atoms. The lowest BCUT2D eigenvalue weighted by atomic mass is 10.1. The molecule has 0 radical (unpaired) electrons. The minimum atomic E-state index is -0.111. The molecular formula is C27H23ClN4O. The highest BCUT2D eigenvalue weighted by molar-refractivity contribution is 6.31. The van der Waals surface area contributed by atoms with Gasteiger partial charge in [-0.25, -0.2) is 4.68 Å². The fourth-order valence-corrected chi connectivity index (χ4v) is 4.30. The van der Waals surface area contributed by atoms with Gasteiger partial charge in [-0.05, 0) is 49.2 Å². The van der Waals surface area contributed by atoms with Crippen LogP contribution in [0.3, 0.4) is 0 Å². The number of hydrogen-bond acceptors (Lipinski definition) is 2. The van der Waals surface area contributed by atoms with Gasteiger partial charge < -0.3 is 4.98 Å². The van der Waals surface area contributed by atoms with Gasteiger partial charge in [-0.3, -0.25) is 14.9 Å². The predicted molar refractivity (Wildman–Crippen MR) is 136 cm³/mol. The van der Waals surface area contributed by atoms with E-state index in [-0.39, 0.29) is 5.56 Å². The molecule has 0 saturated heterocycles. The van der Waals surface area contributed by atoms with Crippen LogP contribution in [-0.2, 0) is 6.42 Å². The lowest BCUT2D eigenvalue weighted by Gasteiger charge is -2.03. The third kappa shape index (κ3) is 4.15. The minimum absolute atomic E-state index is 0.111. The molecule has 0 unspecified atom stereocenters. The molecule has 0 aliphatic heterocycles. The number of aromatic nitrogens is 3. The second kappa shape index (κ2) is 8.96. The average Bonchev–Trinajstić information content (AvgIpc) is 3.40. The maximum absolute atomic E-state index is 13.4. The van der Waals surface area contributed by atoms with Gasteiger partial charge in [0.25, 0.3) is 5.56 Å². The maximum Gasteiger partial charge on any atom is 0.280 e. The van der Waals surface area contributed by atoms with Crippen molar-refractivity contribution in [3.05, 3.63) is 112 Å². The van der Waals surface area contributed by atoms with Gasteiger partial charge in [0.1, 0.15) is 0 Å². The van der Waals surface area contributed by atoms with Crippen molar-refractivity contribution >= 4 is 28.2 Å². The number of H-pyrrole nitrogens is 2. The molecule has 2 N–H and O–H groups in total. The lowest BCUT2D eigenvalue weighted by molar-refractivity contribution is 0.852. The Hall–Kier alpha value is -3.83. The third-order valence-electron chi connectivity index (χ3n) is 5.79. The predicted octanol–water partition coefficient (Wildman–Crippen LogP) is 6.02. The molecule has 2 heterocycles. The quantitative estimate of drug-likeness (QED) is 0.303. The largest absolute Gasteiger partial charge is 0.361 e. The molecule has 0 amide bonds. The first-order valence-corrected chi connectivity index (χ1v) is 11.2. The number of aliphatic imine (C=N–C) groups is 1. The first-order chi connectivity index (χ1) is 16.1. The van der Waals surface area contributed by atoms with E-state index in [2.05, 4.69) is 10.1 Å². The summed E-state index contributed by atoms with van der Waals surface area (Å²) in [5.74, 6) is 0. The third-order valence-corrected chi connectivity index (χ3v) is 6.02. The molecule has 2 aromatic heterocycles. The van der Waals surface area contributed by atoms with Crippen LogP contribution in [0.4, 0.5) is 0 Å². The van der Waals surface area contributed by atoms with Gasteiger partial charge in [0.05, 0.1) is 16.9 Å². The molecule has 0 bridgehead atoms. The highest BCUT2D eigenvalue weighted by Gasteiger charge is 2.19. The fraction of sp³-hybridized carbons (Fsp3) is 0.111. The van der Waals surface area contributed by atoms with Gasteiger partial charge in [-0.15, -0.1) is 0 Å². The Morgan fingerprint density at radius 2 is 1.73 bits per heavy atom. The van der Waals surface area contributed by atoms with E-state index in [1.807, 2.05) is 92.0 Å². The number of nitrogens with zero attached hydrogens (tertiary/aromatic N) is 2. The summed E-state index contributed by atoms with van der Waals surface area (Å²) in [7, 11) is 0. The van der Waals surface area contributed by atoms with E-state index >= 15 is 0 Å². The molecule has 0 atom stereocenters. The number of nitrogens with one attached hydrogen (secondary N) is 2. The van der Waals surface area contributed by atoms with Crippen molar-refractivity contribution < 1.29 is 0 Å². The molecule has 5 nitrogen and oxygen atoms in total. The number of rotatable bonds is 6. The van der Waals surface area contributed by atoms with E-state index < -0.39 is 0 Å². The molecule has 5 aromatic rings. The minimum Gasteiger partial charge on any atom is -0.361 e. The molecule has 164 valence electrons. The van der Waals surface area contributed by atoms with Gasteiger partial charge in [-0.1, -0.05) is 60.1 Å². The number of para-hydroxylation sites is 1. The summed E-state index contributed by atoms with van der Waals surface area (Å²) in [6, 6.07) is 25.3. The van der Waals surface area contributed by atoms with Crippen molar-refractivity contribution in [2.45, 2.75) is 13.3 Å². The normalized spacial score (nSPS) is 11.9. The van der Waals surface area contributed by atoms with Gasteiger partial charge in [0, 0.05) is 39.9 Å². The highest BCUT2D eigenvalue weighted by atomic mass is 35.5. The summed E-state index contributed by atoms with van der Waals surface area (Å²) in [4.78, 5) is 21.5. The van der Waals surface area contributed by atoms with E-state index in [0.29, 0.717) is 22.8 Å². The average molecular weight is 455 g/mol. The number of aromatic amines is 2. The highest BCUT2D eigenvalue weighted by Crippen LogP contribution is 2.24. The smallest absolute Gasteiger partial charge is 0.280 e. The van der Waals surface area contributed by atoms with Crippen LogP contribution >= 0.6 is 11.6 Å². The topological polar surface area (TPSA) is 65.9 Å². The van der Waals surface area contributed by atoms with Gasteiger partial charge in [-0.2, -0.15) is 0 Å². The van der Waals surface area contributed by atoms with Crippen molar-refractivity contribution in [3.63, 3.8) is 0 Å². The Morgan fingerprint density at radius 1 is 1.00 bits per heavy atom. The first-order valence-electron chi connectivity index (χ1n) is 10.8. The molecule has 33 heavy (non-hydrogen) atoms. The molecule has 0 fully saturated rings. The zero-order valence-electron chi connectivity index (χ0n) is 18.2. The van der Waals surface area contributed by atoms with E-state index in [1.54, 1.807) is 4.68 Å². The van der Waals surface area contributed by atoms with Gasteiger partial charge in [0.2, 0.25) is 0 Å². The summed E-state index contributed by atoms with van der Waals surface area (Å²) >= 11 is 6.18. The van der Waals surface area contributed by atoms with Crippen LogP contribution in [0.15, 0.2) is 94.8 Å². The summed E-state index contributed by atoms with van der Waals surface area (Å²) in [5, 5.41) is 5.12. The number of halogens is 1. The Balaban J connectivity index is 1.50. The first kappa shape index (κ1) is 21.0. The van der Waals surface area contributed by atoms with Crippen LogP contribution in [0.25, 0.3) is 27.8 Å². The maximum atomic E-state index is 13.4. The summed E-state index contributed by atoms with van der Waals surface area (Å²) in [6.07, 6.45) is 2.75. The Morgan fingerprint density at radius 3 is 2.48 bits per heavy atom. The molecule has 0 aliphatic carbocycles. The Kier molecular flexibility index (Phi) is 5.71. The second-order valence-corrected chi connectivity index (χ2v) is 8.36. The Bertz CT molecular complexity index is 1490. The van der Waals surface area contributed by atoms with Crippen LogP contribution in [0.5, 0.6) is 0 Å². The van der Waals surface area contributed by atoms with Crippen molar-refractivity contribution in [2.24, 2.45) is 4.99 Å². The second-order valence-electron chi connectivity index (χ2n) is 7.92. The van der Waals surface area contributed by atoms with Crippen LogP contribution in [0.2, 0.25) is 5.02 Å². The van der Waals surface area contributed by atoms with E-state index in [9.17, 15) is 4.79 Å². The SMILES string of the molecule is CC(=NCCc1c[nH]c2ccc(Cl)cc12)c1c(-c2ccccc2)[nH]n(-c2ccccc2)c1=O. The van der Waals surface area contributed by atoms with Gasteiger partial charge >= 0.3 is 0 Å². The zero-order valence-corrected chi connectivity index (χ0v) is 18.9. The van der Waals surface area contributed by atoms with E-state index in [0.717, 1.165) is 39.8 Å². The van der Waals surface area contributed by atoms with Gasteiger partial charge in [0.15, 0.2) is 0 Å². The summed E-state index contributed by atoms with van der Waals surface area (Å²) in [5.41, 5.74) is 5.90. The monoisotopic (exact) mass is 454 g/mol. The van der Waals surface area contributed by atoms with Crippen molar-refractivity contribution in [1.82, 2.24) is 14.8 Å². The lowest BCUT2D eigenvalue weighted by Crippen LogP contribution is -2.19. The molecule has 6 heteroatoms. The van der Waals surface area contributed by atoms with Crippen LogP contribution in [0.1, 0.15) is 18.1 Å². The van der Waals surface area contributed by atoms with Crippen molar-refractivity contribution in [1.29, 1.82) is 0 Å². The molecule has 0 aliphatic rings. The van der Waals surface area contributed by atoms with E-state index in [1.165, 1.54) is 0 Å². The van der Waals surface area contributed by atoms with E-state index in [4.69, 9.17) is 16.6 Å².